The van der Waals surface area contributed by atoms with Crippen molar-refractivity contribution in [3.05, 3.63) is 28.3 Å². The predicted molar refractivity (Wildman–Crippen MR) is 76.9 cm³/mol. The summed E-state index contributed by atoms with van der Waals surface area (Å²) in [6.07, 6.45) is 2.39. The SMILES string of the molecule is CCNS(=O)(=O)c1cc(Cl)cc(CNC2CC2)c1C. The largest absolute Gasteiger partial charge is 0.310 e. The molecule has 0 radical (unpaired) electrons. The van der Waals surface area contributed by atoms with Gasteiger partial charge in [-0.3, -0.25) is 0 Å². The van der Waals surface area contributed by atoms with Crippen molar-refractivity contribution < 1.29 is 8.42 Å². The van der Waals surface area contributed by atoms with E-state index in [1.807, 2.05) is 13.0 Å². The second kappa shape index (κ2) is 5.79. The fraction of sp³-hybridized carbons (Fsp3) is 0.538. The third-order valence-electron chi connectivity index (χ3n) is 3.21. The molecule has 2 rings (SSSR count). The molecule has 6 heteroatoms. The van der Waals surface area contributed by atoms with Gasteiger partial charge in [0.1, 0.15) is 0 Å². The van der Waals surface area contributed by atoms with Gasteiger partial charge in [0.25, 0.3) is 0 Å². The van der Waals surface area contributed by atoms with E-state index in [0.29, 0.717) is 24.2 Å². The van der Waals surface area contributed by atoms with Gasteiger partial charge in [-0.2, -0.15) is 0 Å². The fourth-order valence-electron chi connectivity index (χ4n) is 1.98. The van der Waals surface area contributed by atoms with E-state index < -0.39 is 10.0 Å². The number of nitrogens with one attached hydrogen (secondary N) is 2. The van der Waals surface area contributed by atoms with Crippen molar-refractivity contribution in [1.29, 1.82) is 0 Å². The minimum absolute atomic E-state index is 0.273. The van der Waals surface area contributed by atoms with E-state index in [9.17, 15) is 8.42 Å². The predicted octanol–water partition coefficient (Wildman–Crippen LogP) is 2.20. The molecule has 0 amide bonds. The zero-order chi connectivity index (χ0) is 14.0. The Kier molecular flexibility index (Phi) is 4.50. The smallest absolute Gasteiger partial charge is 0.240 e. The molecule has 4 nitrogen and oxygen atoms in total. The molecular formula is C13H19ClN2O2S. The van der Waals surface area contributed by atoms with Gasteiger partial charge in [-0.15, -0.1) is 0 Å². The average Bonchev–Trinajstić information content (AvgIpc) is 3.13. The number of rotatable bonds is 6. The summed E-state index contributed by atoms with van der Waals surface area (Å²) in [5.41, 5.74) is 1.70. The maximum Gasteiger partial charge on any atom is 0.240 e. The molecule has 0 bridgehead atoms. The van der Waals surface area contributed by atoms with Crippen molar-refractivity contribution in [1.82, 2.24) is 10.0 Å². The number of halogens is 1. The van der Waals surface area contributed by atoms with E-state index >= 15 is 0 Å². The Labute approximate surface area is 119 Å². The fourth-order valence-corrected chi connectivity index (χ4v) is 3.64. The number of hydrogen-bond donors (Lipinski definition) is 2. The molecule has 0 saturated heterocycles. The summed E-state index contributed by atoms with van der Waals surface area (Å²) in [5.74, 6) is 0. The molecular weight excluding hydrogens is 284 g/mol. The number of benzene rings is 1. The lowest BCUT2D eigenvalue weighted by Gasteiger charge is -2.13. The lowest BCUT2D eigenvalue weighted by atomic mass is 10.1. The molecule has 19 heavy (non-hydrogen) atoms. The lowest BCUT2D eigenvalue weighted by Crippen LogP contribution is -2.25. The van der Waals surface area contributed by atoms with Crippen LogP contribution in [0.5, 0.6) is 0 Å². The summed E-state index contributed by atoms with van der Waals surface area (Å²) >= 11 is 6.04. The van der Waals surface area contributed by atoms with Gasteiger partial charge < -0.3 is 5.32 Å². The monoisotopic (exact) mass is 302 g/mol. The van der Waals surface area contributed by atoms with Gasteiger partial charge in [-0.25, -0.2) is 13.1 Å². The van der Waals surface area contributed by atoms with E-state index in [0.717, 1.165) is 11.1 Å². The molecule has 0 unspecified atom stereocenters. The first-order chi connectivity index (χ1) is 8.94. The van der Waals surface area contributed by atoms with E-state index in [4.69, 9.17) is 11.6 Å². The Morgan fingerprint density at radius 1 is 1.37 bits per heavy atom. The third kappa shape index (κ3) is 3.69. The zero-order valence-electron chi connectivity index (χ0n) is 11.2. The Balaban J connectivity index is 2.32. The molecule has 0 heterocycles. The van der Waals surface area contributed by atoms with Gasteiger partial charge >= 0.3 is 0 Å². The van der Waals surface area contributed by atoms with Crippen molar-refractivity contribution in [3.63, 3.8) is 0 Å². The van der Waals surface area contributed by atoms with Crippen LogP contribution >= 0.6 is 11.6 Å². The highest BCUT2D eigenvalue weighted by Crippen LogP contribution is 2.26. The van der Waals surface area contributed by atoms with Crippen molar-refractivity contribution in [2.75, 3.05) is 6.54 Å². The van der Waals surface area contributed by atoms with Crippen LogP contribution in [0.4, 0.5) is 0 Å². The van der Waals surface area contributed by atoms with Crippen LogP contribution in [0, 0.1) is 6.92 Å². The van der Waals surface area contributed by atoms with E-state index in [1.54, 1.807) is 6.92 Å². The summed E-state index contributed by atoms with van der Waals surface area (Å²) in [5, 5.41) is 3.83. The van der Waals surface area contributed by atoms with E-state index in [2.05, 4.69) is 10.0 Å². The molecule has 0 aromatic heterocycles. The summed E-state index contributed by atoms with van der Waals surface area (Å²) in [4.78, 5) is 0.273. The van der Waals surface area contributed by atoms with Crippen LogP contribution in [0.1, 0.15) is 30.9 Å². The van der Waals surface area contributed by atoms with Gasteiger partial charge in [0.15, 0.2) is 0 Å². The molecule has 106 valence electrons. The average molecular weight is 303 g/mol. The van der Waals surface area contributed by atoms with Gasteiger partial charge in [-0.05, 0) is 43.0 Å². The first-order valence-corrected chi connectivity index (χ1v) is 8.32. The maximum absolute atomic E-state index is 12.1. The van der Waals surface area contributed by atoms with E-state index in [1.165, 1.54) is 18.9 Å². The highest BCUT2D eigenvalue weighted by molar-refractivity contribution is 7.89. The minimum atomic E-state index is -3.47. The van der Waals surface area contributed by atoms with Crippen LogP contribution in [0.2, 0.25) is 5.02 Å². The topological polar surface area (TPSA) is 58.2 Å². The minimum Gasteiger partial charge on any atom is -0.310 e. The molecule has 0 atom stereocenters. The number of hydrogen-bond acceptors (Lipinski definition) is 3. The second-order valence-corrected chi connectivity index (χ2v) is 7.02. The van der Waals surface area contributed by atoms with Crippen molar-refractivity contribution in [3.8, 4) is 0 Å². The van der Waals surface area contributed by atoms with Crippen LogP contribution in [0.3, 0.4) is 0 Å². The Morgan fingerprint density at radius 2 is 2.05 bits per heavy atom. The van der Waals surface area contributed by atoms with Gasteiger partial charge in [0, 0.05) is 24.2 Å². The first kappa shape index (κ1) is 14.8. The van der Waals surface area contributed by atoms with Crippen molar-refractivity contribution in [2.24, 2.45) is 0 Å². The number of sulfonamides is 1. The van der Waals surface area contributed by atoms with Crippen LogP contribution in [-0.4, -0.2) is 21.0 Å². The molecule has 1 aliphatic rings. The van der Waals surface area contributed by atoms with Crippen molar-refractivity contribution in [2.45, 2.75) is 44.2 Å². The summed E-state index contributed by atoms with van der Waals surface area (Å²) in [7, 11) is -3.47. The molecule has 1 saturated carbocycles. The third-order valence-corrected chi connectivity index (χ3v) is 5.10. The summed E-state index contributed by atoms with van der Waals surface area (Å²) in [6, 6.07) is 3.92. The molecule has 0 spiro atoms. The quantitative estimate of drug-likeness (QED) is 0.847. The molecule has 2 N–H and O–H groups in total. The Morgan fingerprint density at radius 3 is 2.63 bits per heavy atom. The van der Waals surface area contributed by atoms with Crippen LogP contribution in [0.25, 0.3) is 0 Å². The van der Waals surface area contributed by atoms with Crippen molar-refractivity contribution >= 4 is 21.6 Å². The van der Waals surface area contributed by atoms with Gasteiger partial charge in [-0.1, -0.05) is 18.5 Å². The standard InChI is InChI=1S/C13H19ClN2O2S/c1-3-16-19(17,18)13-7-11(14)6-10(9(13)2)8-15-12-4-5-12/h6-7,12,15-16H,3-5,8H2,1-2H3. The zero-order valence-corrected chi connectivity index (χ0v) is 12.7. The van der Waals surface area contributed by atoms with E-state index in [-0.39, 0.29) is 4.90 Å². The maximum atomic E-state index is 12.1. The summed E-state index contributed by atoms with van der Waals surface area (Å²) in [6.45, 7) is 4.60. The Bertz CT molecular complexity index is 568. The van der Waals surface area contributed by atoms with Crippen LogP contribution < -0.4 is 10.0 Å². The molecule has 1 aromatic rings. The molecule has 1 fully saturated rings. The first-order valence-electron chi connectivity index (χ1n) is 6.46. The van der Waals surface area contributed by atoms with Gasteiger partial charge in [0.2, 0.25) is 10.0 Å². The van der Waals surface area contributed by atoms with Crippen LogP contribution in [0.15, 0.2) is 17.0 Å². The van der Waals surface area contributed by atoms with Crippen LogP contribution in [-0.2, 0) is 16.6 Å². The van der Waals surface area contributed by atoms with Gasteiger partial charge in [0.05, 0.1) is 4.90 Å². The summed E-state index contributed by atoms with van der Waals surface area (Å²) < 4.78 is 26.7. The highest BCUT2D eigenvalue weighted by Gasteiger charge is 2.22. The molecule has 1 aromatic carbocycles. The molecule has 0 aliphatic heterocycles. The normalized spacial score (nSPS) is 15.7. The highest BCUT2D eigenvalue weighted by atomic mass is 35.5. The lowest BCUT2D eigenvalue weighted by molar-refractivity contribution is 0.582. The Hall–Kier alpha value is -0.620. The molecule has 1 aliphatic carbocycles. The second-order valence-electron chi connectivity index (χ2n) is 4.84.